The fraction of sp³-hybridized carbons (Fsp3) is 0.174. The number of amides is 1. The Morgan fingerprint density at radius 1 is 1.06 bits per heavy atom. The molecule has 1 amide bonds. The van der Waals surface area contributed by atoms with Crippen LogP contribution in [0.2, 0.25) is 0 Å². The van der Waals surface area contributed by atoms with Crippen LogP contribution in [0, 0.1) is 0 Å². The van der Waals surface area contributed by atoms with E-state index in [1.165, 1.54) is 16.3 Å². The zero-order valence-electron chi connectivity index (χ0n) is 18.5. The molecule has 0 saturated carbocycles. The average Bonchev–Trinajstić information content (AvgIpc) is 3.38. The van der Waals surface area contributed by atoms with Gasteiger partial charge < -0.3 is 14.6 Å². The van der Waals surface area contributed by atoms with E-state index < -0.39 is 10.0 Å². The molecule has 1 N–H and O–H groups in total. The minimum atomic E-state index is -3.63. The fourth-order valence-corrected chi connectivity index (χ4v) is 5.57. The molecule has 0 aliphatic carbocycles. The largest absolute Gasteiger partial charge is 0.484 e. The molecule has 0 spiro atoms. The summed E-state index contributed by atoms with van der Waals surface area (Å²) in [5.74, 6) is 0.487. The van der Waals surface area contributed by atoms with Crippen LogP contribution < -0.4 is 14.6 Å². The minimum Gasteiger partial charge on any atom is -0.484 e. The van der Waals surface area contributed by atoms with Gasteiger partial charge in [0.25, 0.3) is 21.5 Å². The summed E-state index contributed by atoms with van der Waals surface area (Å²) in [4.78, 5) is 33.2. The van der Waals surface area contributed by atoms with Crippen molar-refractivity contribution in [1.82, 2.24) is 14.9 Å². The van der Waals surface area contributed by atoms with Crippen LogP contribution in [-0.4, -0.2) is 49.9 Å². The first kappa shape index (κ1) is 23.5. The Labute approximate surface area is 200 Å². The normalized spacial score (nSPS) is 11.4. The smallest absolute Gasteiger partial charge is 0.273 e. The Bertz CT molecular complexity index is 1470. The van der Waals surface area contributed by atoms with Gasteiger partial charge in [-0.25, -0.2) is 13.4 Å². The molecular formula is C23H22N4O5S2. The highest BCUT2D eigenvalue weighted by Gasteiger charge is 2.22. The van der Waals surface area contributed by atoms with Gasteiger partial charge in [0.1, 0.15) is 15.8 Å². The van der Waals surface area contributed by atoms with Crippen molar-refractivity contribution >= 4 is 43.9 Å². The van der Waals surface area contributed by atoms with Gasteiger partial charge in [-0.15, -0.1) is 11.3 Å². The van der Waals surface area contributed by atoms with Crippen LogP contribution in [0.1, 0.15) is 5.82 Å². The van der Waals surface area contributed by atoms with Gasteiger partial charge in [-0.3, -0.25) is 13.9 Å². The van der Waals surface area contributed by atoms with E-state index in [1.54, 1.807) is 73.1 Å². The molecule has 0 aliphatic rings. The second kappa shape index (κ2) is 9.65. The monoisotopic (exact) mass is 498 g/mol. The first-order valence-electron chi connectivity index (χ1n) is 10.2. The summed E-state index contributed by atoms with van der Waals surface area (Å²) in [6, 6.07) is 16.7. The number of hydrogen-bond donors (Lipinski definition) is 1. The van der Waals surface area contributed by atoms with E-state index in [2.05, 4.69) is 9.97 Å². The number of nitrogens with one attached hydrogen (secondary N) is 1. The Kier molecular flexibility index (Phi) is 6.66. The van der Waals surface area contributed by atoms with Crippen LogP contribution in [0.5, 0.6) is 5.75 Å². The van der Waals surface area contributed by atoms with Crippen LogP contribution in [0.4, 0.5) is 5.69 Å². The molecule has 0 saturated heterocycles. The Hall–Kier alpha value is -3.70. The first-order chi connectivity index (χ1) is 16.3. The van der Waals surface area contributed by atoms with Gasteiger partial charge >= 0.3 is 0 Å². The number of H-pyrrole nitrogens is 1. The summed E-state index contributed by atoms with van der Waals surface area (Å²) in [5, 5.41) is 2.19. The minimum absolute atomic E-state index is 0.118. The molecule has 4 rings (SSSR count). The predicted molar refractivity (Wildman–Crippen MR) is 131 cm³/mol. The van der Waals surface area contributed by atoms with E-state index in [-0.39, 0.29) is 28.8 Å². The summed E-state index contributed by atoms with van der Waals surface area (Å²) in [7, 11) is -0.554. The van der Waals surface area contributed by atoms with E-state index in [1.807, 2.05) is 0 Å². The number of rotatable bonds is 8. The van der Waals surface area contributed by atoms with E-state index in [0.29, 0.717) is 28.2 Å². The van der Waals surface area contributed by atoms with Gasteiger partial charge in [0.15, 0.2) is 6.61 Å². The first-order valence-corrected chi connectivity index (χ1v) is 12.5. The van der Waals surface area contributed by atoms with Crippen LogP contribution in [-0.2, 0) is 21.4 Å². The number of thiophene rings is 1. The van der Waals surface area contributed by atoms with Crippen molar-refractivity contribution in [2.75, 3.05) is 25.0 Å². The van der Waals surface area contributed by atoms with Crippen molar-refractivity contribution in [3.63, 3.8) is 0 Å². The van der Waals surface area contributed by atoms with E-state index in [0.717, 1.165) is 11.3 Å². The molecule has 0 radical (unpaired) electrons. The zero-order valence-corrected chi connectivity index (χ0v) is 20.1. The predicted octanol–water partition coefficient (Wildman–Crippen LogP) is 2.85. The lowest BCUT2D eigenvalue weighted by atomic mass is 10.2. The highest BCUT2D eigenvalue weighted by Crippen LogP contribution is 2.26. The van der Waals surface area contributed by atoms with Crippen molar-refractivity contribution in [2.45, 2.75) is 10.8 Å². The Balaban J connectivity index is 1.36. The summed E-state index contributed by atoms with van der Waals surface area (Å²) < 4.78 is 32.3. The van der Waals surface area contributed by atoms with E-state index in [4.69, 9.17) is 4.74 Å². The maximum absolute atomic E-state index is 12.6. The molecule has 0 bridgehead atoms. The number of hydrogen-bond acceptors (Lipinski definition) is 7. The van der Waals surface area contributed by atoms with Crippen molar-refractivity contribution in [3.05, 3.63) is 82.2 Å². The van der Waals surface area contributed by atoms with Gasteiger partial charge in [0, 0.05) is 14.1 Å². The second-order valence-electron chi connectivity index (χ2n) is 7.47. The molecular weight excluding hydrogens is 476 g/mol. The number of fused-ring (bicyclic) bond motifs is 1. The number of carbonyl (C=O) groups is 1. The maximum atomic E-state index is 12.6. The topological polar surface area (TPSA) is 113 Å². The number of benzene rings is 2. The van der Waals surface area contributed by atoms with Crippen molar-refractivity contribution in [1.29, 1.82) is 0 Å². The number of carbonyl (C=O) groups excluding carboxylic acids is 1. The third-order valence-corrected chi connectivity index (χ3v) is 8.31. The molecule has 0 fully saturated rings. The van der Waals surface area contributed by atoms with Crippen molar-refractivity contribution < 1.29 is 17.9 Å². The summed E-state index contributed by atoms with van der Waals surface area (Å²) in [6.07, 6.45) is 0. The van der Waals surface area contributed by atoms with Crippen LogP contribution in [0.3, 0.4) is 0 Å². The number of ether oxygens (including phenoxy) is 1. The number of likely N-dealkylation sites (N-methyl/N-ethyl adjacent to an activating group) is 1. The SMILES string of the molecule is CN(Cc1nc2ccccc2c(=O)[nH]1)C(=O)COc1ccc(N(C)S(=O)(=O)c2cccs2)cc1. The van der Waals surface area contributed by atoms with Crippen LogP contribution in [0.25, 0.3) is 10.9 Å². The third kappa shape index (κ3) is 4.95. The number of aromatic nitrogens is 2. The zero-order chi connectivity index (χ0) is 24.3. The maximum Gasteiger partial charge on any atom is 0.273 e. The van der Waals surface area contributed by atoms with Gasteiger partial charge in [0.2, 0.25) is 0 Å². The van der Waals surface area contributed by atoms with E-state index in [9.17, 15) is 18.0 Å². The van der Waals surface area contributed by atoms with Gasteiger partial charge in [-0.05, 0) is 47.8 Å². The molecule has 2 aromatic heterocycles. The lowest BCUT2D eigenvalue weighted by Crippen LogP contribution is -2.32. The molecule has 0 unspecified atom stereocenters. The molecule has 4 aromatic rings. The van der Waals surface area contributed by atoms with Crippen LogP contribution in [0.15, 0.2) is 75.0 Å². The average molecular weight is 499 g/mol. The molecule has 2 heterocycles. The lowest BCUT2D eigenvalue weighted by Gasteiger charge is -2.19. The van der Waals surface area contributed by atoms with Crippen molar-refractivity contribution in [3.8, 4) is 5.75 Å². The molecule has 2 aromatic carbocycles. The molecule has 0 atom stereocenters. The molecule has 0 aliphatic heterocycles. The van der Waals surface area contributed by atoms with Crippen LogP contribution >= 0.6 is 11.3 Å². The summed E-state index contributed by atoms with van der Waals surface area (Å²) in [6.45, 7) is -0.108. The van der Waals surface area contributed by atoms with Gasteiger partial charge in [-0.2, -0.15) is 0 Å². The standard InChI is InChI=1S/C23H22N4O5S2/c1-26(14-20-24-19-7-4-3-6-18(19)23(29)25-20)21(28)15-32-17-11-9-16(10-12-17)27(2)34(30,31)22-8-5-13-33-22/h3-13H,14-15H2,1-2H3,(H,24,25,29). The quantitative estimate of drug-likeness (QED) is 0.400. The Morgan fingerprint density at radius 2 is 1.79 bits per heavy atom. The molecule has 34 heavy (non-hydrogen) atoms. The summed E-state index contributed by atoms with van der Waals surface area (Å²) >= 11 is 1.15. The van der Waals surface area contributed by atoms with E-state index >= 15 is 0 Å². The fourth-order valence-electron chi connectivity index (χ4n) is 3.21. The Morgan fingerprint density at radius 3 is 2.50 bits per heavy atom. The third-order valence-electron chi connectivity index (χ3n) is 5.15. The number of anilines is 1. The number of aromatic amines is 1. The highest BCUT2D eigenvalue weighted by molar-refractivity contribution is 7.94. The number of nitrogens with zero attached hydrogens (tertiary/aromatic N) is 3. The highest BCUT2D eigenvalue weighted by atomic mass is 32.2. The molecule has 9 nitrogen and oxygen atoms in total. The second-order valence-corrected chi connectivity index (χ2v) is 10.6. The van der Waals surface area contributed by atoms with Gasteiger partial charge in [0.05, 0.1) is 23.1 Å². The van der Waals surface area contributed by atoms with Crippen molar-refractivity contribution in [2.24, 2.45) is 0 Å². The lowest BCUT2D eigenvalue weighted by molar-refractivity contribution is -0.132. The molecule has 176 valence electrons. The molecule has 11 heteroatoms. The van der Waals surface area contributed by atoms with Gasteiger partial charge in [-0.1, -0.05) is 18.2 Å². The number of para-hydroxylation sites is 1. The summed E-state index contributed by atoms with van der Waals surface area (Å²) in [5.41, 5.74) is 0.767. The number of sulfonamides is 1.